The SMILES string of the molecule is Fc1ccc(Br)cc1CNc1cc(Br)ccc1Cl. The van der Waals surface area contributed by atoms with Crippen LogP contribution in [-0.2, 0) is 6.54 Å². The van der Waals surface area contributed by atoms with Gasteiger partial charge in [-0.2, -0.15) is 0 Å². The number of hydrogen-bond acceptors (Lipinski definition) is 1. The van der Waals surface area contributed by atoms with Crippen molar-refractivity contribution in [2.24, 2.45) is 0 Å². The van der Waals surface area contributed by atoms with Crippen molar-refractivity contribution in [2.75, 3.05) is 5.32 Å². The van der Waals surface area contributed by atoms with Crippen LogP contribution in [0.1, 0.15) is 5.56 Å². The predicted octanol–water partition coefficient (Wildman–Crippen LogP) is 5.62. The largest absolute Gasteiger partial charge is 0.380 e. The summed E-state index contributed by atoms with van der Waals surface area (Å²) >= 11 is 12.7. The van der Waals surface area contributed by atoms with Gasteiger partial charge in [0.1, 0.15) is 5.82 Å². The summed E-state index contributed by atoms with van der Waals surface area (Å²) < 4.78 is 15.3. The fourth-order valence-corrected chi connectivity index (χ4v) is 2.46. The maximum Gasteiger partial charge on any atom is 0.128 e. The standard InChI is InChI=1S/C13H9Br2ClFN/c14-9-2-4-12(17)8(5-9)7-18-13-6-10(15)1-3-11(13)16/h1-6,18H,7H2. The van der Waals surface area contributed by atoms with Crippen LogP contribution in [-0.4, -0.2) is 0 Å². The number of nitrogens with one attached hydrogen (secondary N) is 1. The van der Waals surface area contributed by atoms with Crippen molar-refractivity contribution in [1.29, 1.82) is 0 Å². The molecule has 0 aliphatic heterocycles. The smallest absolute Gasteiger partial charge is 0.128 e. The van der Waals surface area contributed by atoms with Crippen molar-refractivity contribution in [3.8, 4) is 0 Å². The molecule has 2 rings (SSSR count). The van der Waals surface area contributed by atoms with Crippen LogP contribution >= 0.6 is 43.5 Å². The van der Waals surface area contributed by atoms with E-state index in [1.807, 2.05) is 12.1 Å². The molecule has 0 aliphatic carbocycles. The van der Waals surface area contributed by atoms with Crippen molar-refractivity contribution in [1.82, 2.24) is 0 Å². The molecule has 1 N–H and O–H groups in total. The second-order valence-corrected chi connectivity index (χ2v) is 5.95. The van der Waals surface area contributed by atoms with E-state index in [-0.39, 0.29) is 5.82 Å². The predicted molar refractivity (Wildman–Crippen MR) is 80.6 cm³/mol. The molecule has 0 aromatic heterocycles. The lowest BCUT2D eigenvalue weighted by Crippen LogP contribution is -2.02. The molecule has 0 unspecified atom stereocenters. The third-order valence-corrected chi connectivity index (χ3v) is 3.72. The third kappa shape index (κ3) is 3.46. The zero-order valence-electron chi connectivity index (χ0n) is 9.18. The highest BCUT2D eigenvalue weighted by Crippen LogP contribution is 2.26. The first-order valence-corrected chi connectivity index (χ1v) is 7.15. The van der Waals surface area contributed by atoms with Crippen molar-refractivity contribution in [2.45, 2.75) is 6.54 Å². The molecule has 5 heteroatoms. The normalized spacial score (nSPS) is 10.4. The number of benzene rings is 2. The lowest BCUT2D eigenvalue weighted by Gasteiger charge is -2.10. The van der Waals surface area contributed by atoms with E-state index >= 15 is 0 Å². The molecule has 0 spiro atoms. The molecule has 2 aromatic rings. The number of hydrogen-bond donors (Lipinski definition) is 1. The molecule has 0 radical (unpaired) electrons. The van der Waals surface area contributed by atoms with E-state index in [9.17, 15) is 4.39 Å². The Morgan fingerprint density at radius 1 is 1.06 bits per heavy atom. The van der Waals surface area contributed by atoms with E-state index < -0.39 is 0 Å². The van der Waals surface area contributed by atoms with Gasteiger partial charge in [0.05, 0.1) is 10.7 Å². The molecule has 0 atom stereocenters. The van der Waals surface area contributed by atoms with E-state index in [1.54, 1.807) is 18.2 Å². The van der Waals surface area contributed by atoms with Gasteiger partial charge < -0.3 is 5.32 Å². The van der Waals surface area contributed by atoms with Crippen molar-refractivity contribution >= 4 is 49.1 Å². The summed E-state index contributed by atoms with van der Waals surface area (Å²) in [5.74, 6) is -0.239. The molecular weight excluding hydrogens is 384 g/mol. The summed E-state index contributed by atoms with van der Waals surface area (Å²) in [6.07, 6.45) is 0. The highest BCUT2D eigenvalue weighted by molar-refractivity contribution is 9.10. The zero-order chi connectivity index (χ0) is 13.1. The van der Waals surface area contributed by atoms with Crippen molar-refractivity contribution in [3.05, 3.63) is 61.7 Å². The third-order valence-electron chi connectivity index (χ3n) is 2.41. The number of rotatable bonds is 3. The van der Waals surface area contributed by atoms with Crippen molar-refractivity contribution < 1.29 is 4.39 Å². The number of halogens is 4. The fraction of sp³-hybridized carbons (Fsp3) is 0.0769. The van der Waals surface area contributed by atoms with Gasteiger partial charge in [-0.05, 0) is 36.4 Å². The molecule has 18 heavy (non-hydrogen) atoms. The van der Waals surface area contributed by atoms with Gasteiger partial charge in [0.25, 0.3) is 0 Å². The summed E-state index contributed by atoms with van der Waals surface area (Å²) in [5.41, 5.74) is 1.35. The molecule has 0 fully saturated rings. The molecular formula is C13H9Br2ClFN. The monoisotopic (exact) mass is 391 g/mol. The van der Waals surface area contributed by atoms with Crippen LogP contribution in [0.15, 0.2) is 45.3 Å². The molecule has 0 bridgehead atoms. The van der Waals surface area contributed by atoms with Gasteiger partial charge in [-0.15, -0.1) is 0 Å². The lowest BCUT2D eigenvalue weighted by atomic mass is 10.2. The van der Waals surface area contributed by atoms with Gasteiger partial charge in [0.15, 0.2) is 0 Å². The summed E-state index contributed by atoms with van der Waals surface area (Å²) in [6.45, 7) is 0.376. The Morgan fingerprint density at radius 2 is 1.72 bits per heavy atom. The highest BCUT2D eigenvalue weighted by Gasteiger charge is 2.05. The van der Waals surface area contributed by atoms with Crippen LogP contribution in [0.25, 0.3) is 0 Å². The molecule has 0 amide bonds. The Labute approximate surface area is 127 Å². The van der Waals surface area contributed by atoms with Gasteiger partial charge in [-0.1, -0.05) is 43.5 Å². The molecule has 2 aromatic carbocycles. The molecule has 1 nitrogen and oxygen atoms in total. The second kappa shape index (κ2) is 6.04. The van der Waals surface area contributed by atoms with Gasteiger partial charge >= 0.3 is 0 Å². The quantitative estimate of drug-likeness (QED) is 0.714. The van der Waals surface area contributed by atoms with Crippen LogP contribution in [0, 0.1) is 5.82 Å². The van der Waals surface area contributed by atoms with E-state index in [4.69, 9.17) is 11.6 Å². The van der Waals surface area contributed by atoms with E-state index in [2.05, 4.69) is 37.2 Å². The summed E-state index contributed by atoms with van der Waals surface area (Å²) in [4.78, 5) is 0. The minimum absolute atomic E-state index is 0.239. The lowest BCUT2D eigenvalue weighted by molar-refractivity contribution is 0.612. The molecule has 0 saturated carbocycles. The second-order valence-electron chi connectivity index (χ2n) is 3.71. The molecule has 94 valence electrons. The Kier molecular flexibility index (Phi) is 4.65. The number of anilines is 1. The Balaban J connectivity index is 2.16. The average Bonchev–Trinajstić information content (AvgIpc) is 2.34. The van der Waals surface area contributed by atoms with E-state index in [0.717, 1.165) is 14.6 Å². The molecule has 0 aliphatic rings. The first-order valence-electron chi connectivity index (χ1n) is 5.19. The van der Waals surface area contributed by atoms with Gasteiger partial charge in [0.2, 0.25) is 0 Å². The summed E-state index contributed by atoms with van der Waals surface area (Å²) in [6, 6.07) is 10.3. The average molecular weight is 393 g/mol. The Morgan fingerprint density at radius 3 is 2.50 bits per heavy atom. The molecule has 0 heterocycles. The fourth-order valence-electron chi connectivity index (χ4n) is 1.50. The highest BCUT2D eigenvalue weighted by atomic mass is 79.9. The topological polar surface area (TPSA) is 12.0 Å². The van der Waals surface area contributed by atoms with Crippen molar-refractivity contribution in [3.63, 3.8) is 0 Å². The van der Waals surface area contributed by atoms with Crippen LogP contribution in [0.3, 0.4) is 0 Å². The van der Waals surface area contributed by atoms with E-state index in [0.29, 0.717) is 17.1 Å². The van der Waals surface area contributed by atoms with E-state index in [1.165, 1.54) is 6.07 Å². The summed E-state index contributed by atoms with van der Waals surface area (Å²) in [7, 11) is 0. The van der Waals surface area contributed by atoms with Crippen LogP contribution in [0.2, 0.25) is 5.02 Å². The maximum absolute atomic E-state index is 13.5. The first-order chi connectivity index (χ1) is 8.56. The van der Waals surface area contributed by atoms with Crippen LogP contribution in [0.5, 0.6) is 0 Å². The Hall–Kier alpha value is -0.580. The molecule has 0 saturated heterocycles. The minimum atomic E-state index is -0.239. The zero-order valence-corrected chi connectivity index (χ0v) is 13.1. The van der Waals surface area contributed by atoms with Gasteiger partial charge in [0, 0.05) is 21.1 Å². The van der Waals surface area contributed by atoms with Crippen LogP contribution < -0.4 is 5.32 Å². The van der Waals surface area contributed by atoms with Crippen LogP contribution in [0.4, 0.5) is 10.1 Å². The summed E-state index contributed by atoms with van der Waals surface area (Å²) in [5, 5.41) is 3.72. The first kappa shape index (κ1) is 13.8. The Bertz CT molecular complexity index is 523. The van der Waals surface area contributed by atoms with Gasteiger partial charge in [-0.25, -0.2) is 4.39 Å². The maximum atomic E-state index is 13.5. The van der Waals surface area contributed by atoms with Gasteiger partial charge in [-0.3, -0.25) is 0 Å². The minimum Gasteiger partial charge on any atom is -0.380 e.